The number of hydrogen-bond donors (Lipinski definition) is 2. The molecule has 4 atom stereocenters. The van der Waals surface area contributed by atoms with Crippen LogP contribution in [0.25, 0.3) is 0 Å². The Morgan fingerprint density at radius 1 is 1.14 bits per heavy atom. The lowest BCUT2D eigenvalue weighted by Crippen LogP contribution is -2.60. The number of hydrogen-bond acceptors (Lipinski definition) is 2. The maximum Gasteiger partial charge on any atom is 0.0661 e. The fourth-order valence-electron chi connectivity index (χ4n) is 5.26. The van der Waals surface area contributed by atoms with E-state index in [2.05, 4.69) is 6.92 Å². The first-order valence-electron chi connectivity index (χ1n) is 5.80. The van der Waals surface area contributed by atoms with Gasteiger partial charge >= 0.3 is 0 Å². The summed E-state index contributed by atoms with van der Waals surface area (Å²) in [7, 11) is 0. The molecule has 4 rings (SSSR count). The molecule has 4 aliphatic carbocycles. The molecular formula is C12H20O2. The molecule has 4 unspecified atom stereocenters. The van der Waals surface area contributed by atoms with Crippen LogP contribution in [0.3, 0.4) is 0 Å². The minimum atomic E-state index is -0.434. The van der Waals surface area contributed by atoms with Crippen molar-refractivity contribution in [1.29, 1.82) is 0 Å². The largest absolute Gasteiger partial charge is 0.396 e. The zero-order valence-electron chi connectivity index (χ0n) is 8.92. The van der Waals surface area contributed by atoms with Crippen molar-refractivity contribution in [3.63, 3.8) is 0 Å². The molecule has 14 heavy (non-hydrogen) atoms. The standard InChI is InChI=1S/C12H20O2/c1-10-2-9-3-11(5-10,8-13)7-12(14,4-9)6-10/h9,13-14H,2-8H2,1H3. The fraction of sp³-hybridized carbons (Fsp3) is 1.00. The van der Waals surface area contributed by atoms with Crippen LogP contribution in [-0.2, 0) is 0 Å². The summed E-state index contributed by atoms with van der Waals surface area (Å²) < 4.78 is 0. The molecule has 0 saturated heterocycles. The average molecular weight is 196 g/mol. The highest BCUT2D eigenvalue weighted by atomic mass is 16.3. The van der Waals surface area contributed by atoms with Gasteiger partial charge in [-0.1, -0.05) is 6.92 Å². The first kappa shape index (κ1) is 9.17. The predicted octanol–water partition coefficient (Wildman–Crippen LogP) is 1.70. The van der Waals surface area contributed by atoms with E-state index < -0.39 is 5.60 Å². The molecule has 0 aliphatic heterocycles. The monoisotopic (exact) mass is 196 g/mol. The van der Waals surface area contributed by atoms with Crippen LogP contribution < -0.4 is 0 Å². The van der Waals surface area contributed by atoms with Crippen molar-refractivity contribution in [3.05, 3.63) is 0 Å². The zero-order valence-corrected chi connectivity index (χ0v) is 8.92. The lowest BCUT2D eigenvalue weighted by molar-refractivity contribution is -0.204. The van der Waals surface area contributed by atoms with E-state index in [1.807, 2.05) is 0 Å². The predicted molar refractivity (Wildman–Crippen MR) is 53.8 cm³/mol. The van der Waals surface area contributed by atoms with Crippen molar-refractivity contribution in [2.75, 3.05) is 6.61 Å². The topological polar surface area (TPSA) is 40.5 Å². The van der Waals surface area contributed by atoms with E-state index in [4.69, 9.17) is 0 Å². The van der Waals surface area contributed by atoms with Crippen LogP contribution in [0.1, 0.15) is 45.4 Å². The van der Waals surface area contributed by atoms with Crippen molar-refractivity contribution in [2.45, 2.75) is 51.0 Å². The molecule has 0 spiro atoms. The quantitative estimate of drug-likeness (QED) is 0.670. The Morgan fingerprint density at radius 2 is 1.93 bits per heavy atom. The molecule has 4 aliphatic rings. The molecule has 0 radical (unpaired) electrons. The van der Waals surface area contributed by atoms with E-state index in [0.717, 1.165) is 32.1 Å². The second kappa shape index (κ2) is 2.35. The molecule has 2 nitrogen and oxygen atoms in total. The van der Waals surface area contributed by atoms with Gasteiger partial charge in [0.05, 0.1) is 5.60 Å². The summed E-state index contributed by atoms with van der Waals surface area (Å²) >= 11 is 0. The van der Waals surface area contributed by atoms with E-state index in [0.29, 0.717) is 11.3 Å². The summed E-state index contributed by atoms with van der Waals surface area (Å²) in [4.78, 5) is 0. The Bertz CT molecular complexity index is 255. The molecule has 0 heterocycles. The molecule has 0 aromatic heterocycles. The van der Waals surface area contributed by atoms with Gasteiger partial charge in [-0.3, -0.25) is 0 Å². The molecule has 2 heteroatoms. The molecule has 0 aromatic carbocycles. The van der Waals surface area contributed by atoms with Crippen LogP contribution >= 0.6 is 0 Å². The van der Waals surface area contributed by atoms with Gasteiger partial charge in [0.2, 0.25) is 0 Å². The second-order valence-electron chi connectivity index (χ2n) is 6.70. The van der Waals surface area contributed by atoms with Crippen LogP contribution in [-0.4, -0.2) is 22.4 Å². The molecule has 2 N–H and O–H groups in total. The van der Waals surface area contributed by atoms with Gasteiger partial charge in [0.25, 0.3) is 0 Å². The van der Waals surface area contributed by atoms with E-state index in [9.17, 15) is 10.2 Å². The Labute approximate surface area is 85.3 Å². The summed E-state index contributed by atoms with van der Waals surface area (Å²) in [5.41, 5.74) is -0.0449. The second-order valence-corrected chi connectivity index (χ2v) is 6.70. The SMILES string of the molecule is CC12CC3CC(O)(C1)CC(CO)(C3)C2. The molecule has 80 valence electrons. The van der Waals surface area contributed by atoms with Crippen LogP contribution in [0, 0.1) is 16.7 Å². The van der Waals surface area contributed by atoms with Gasteiger partial charge in [-0.2, -0.15) is 0 Å². The summed E-state index contributed by atoms with van der Waals surface area (Å²) in [5.74, 6) is 0.674. The highest BCUT2D eigenvalue weighted by Crippen LogP contribution is 2.66. The zero-order chi connectivity index (χ0) is 10.0. The lowest BCUT2D eigenvalue weighted by Gasteiger charge is -2.64. The van der Waals surface area contributed by atoms with E-state index in [-0.39, 0.29) is 12.0 Å². The van der Waals surface area contributed by atoms with Gasteiger partial charge in [0.1, 0.15) is 0 Å². The first-order valence-corrected chi connectivity index (χ1v) is 5.80. The lowest BCUT2D eigenvalue weighted by atomic mass is 9.43. The number of aliphatic hydroxyl groups is 2. The van der Waals surface area contributed by atoms with Crippen molar-refractivity contribution >= 4 is 0 Å². The number of rotatable bonds is 1. The Hall–Kier alpha value is -0.0800. The summed E-state index contributed by atoms with van der Waals surface area (Å²) in [6, 6.07) is 0. The molecule has 0 amide bonds. The van der Waals surface area contributed by atoms with Gasteiger partial charge in [0.15, 0.2) is 0 Å². The smallest absolute Gasteiger partial charge is 0.0661 e. The van der Waals surface area contributed by atoms with Gasteiger partial charge in [-0.05, 0) is 55.3 Å². The third kappa shape index (κ3) is 1.10. The minimum absolute atomic E-state index is 0.0723. The third-order valence-electron chi connectivity index (χ3n) is 4.77. The minimum Gasteiger partial charge on any atom is -0.396 e. The summed E-state index contributed by atoms with van der Waals surface area (Å²) in [6.07, 6.45) is 6.37. The van der Waals surface area contributed by atoms with Crippen molar-refractivity contribution in [1.82, 2.24) is 0 Å². The Kier molecular flexibility index (Phi) is 1.54. The number of aliphatic hydroxyl groups excluding tert-OH is 1. The highest BCUT2D eigenvalue weighted by Gasteiger charge is 2.60. The van der Waals surface area contributed by atoms with Crippen LogP contribution in [0.2, 0.25) is 0 Å². The third-order valence-corrected chi connectivity index (χ3v) is 4.77. The Morgan fingerprint density at radius 3 is 2.50 bits per heavy atom. The van der Waals surface area contributed by atoms with Crippen molar-refractivity contribution in [2.24, 2.45) is 16.7 Å². The van der Waals surface area contributed by atoms with E-state index in [1.165, 1.54) is 6.42 Å². The van der Waals surface area contributed by atoms with Crippen molar-refractivity contribution in [3.8, 4) is 0 Å². The van der Waals surface area contributed by atoms with Crippen LogP contribution in [0.15, 0.2) is 0 Å². The van der Waals surface area contributed by atoms with Gasteiger partial charge in [0, 0.05) is 6.61 Å². The molecule has 4 fully saturated rings. The van der Waals surface area contributed by atoms with E-state index in [1.54, 1.807) is 0 Å². The molecule has 4 saturated carbocycles. The maximum atomic E-state index is 10.5. The van der Waals surface area contributed by atoms with Gasteiger partial charge < -0.3 is 10.2 Å². The highest BCUT2D eigenvalue weighted by molar-refractivity contribution is 5.12. The summed E-state index contributed by atoms with van der Waals surface area (Å²) in [5, 5.41) is 20.0. The fourth-order valence-corrected chi connectivity index (χ4v) is 5.26. The van der Waals surface area contributed by atoms with Gasteiger partial charge in [-0.15, -0.1) is 0 Å². The normalized spacial score (nSPS) is 60.6. The molecule has 0 aromatic rings. The Balaban J connectivity index is 2.01. The average Bonchev–Trinajstić information content (AvgIpc) is 1.97. The molecular weight excluding hydrogens is 176 g/mol. The maximum absolute atomic E-state index is 10.5. The van der Waals surface area contributed by atoms with Crippen LogP contribution in [0.5, 0.6) is 0 Å². The molecule has 4 bridgehead atoms. The summed E-state index contributed by atoms with van der Waals surface area (Å²) in [6.45, 7) is 2.58. The van der Waals surface area contributed by atoms with Gasteiger partial charge in [-0.25, -0.2) is 0 Å². The van der Waals surface area contributed by atoms with E-state index >= 15 is 0 Å². The first-order chi connectivity index (χ1) is 6.47. The van der Waals surface area contributed by atoms with Crippen LogP contribution in [0.4, 0.5) is 0 Å². The van der Waals surface area contributed by atoms with Crippen molar-refractivity contribution < 1.29 is 10.2 Å².